The summed E-state index contributed by atoms with van der Waals surface area (Å²) in [5.41, 5.74) is 0.908. The fourth-order valence-corrected chi connectivity index (χ4v) is 1.64. The van der Waals surface area contributed by atoms with Crippen molar-refractivity contribution >= 4 is 11.8 Å². The molecule has 0 amide bonds. The van der Waals surface area contributed by atoms with E-state index >= 15 is 0 Å². The second kappa shape index (κ2) is 7.09. The minimum atomic E-state index is -1.83. The number of carboxylic acid groups (broad SMARTS) is 2. The minimum Gasteiger partial charge on any atom is -0.450 e. The molecule has 1 aliphatic rings. The maximum atomic E-state index is 10.8. The van der Waals surface area contributed by atoms with E-state index < -0.39 is 11.7 Å². The zero-order chi connectivity index (χ0) is 15.9. The van der Waals surface area contributed by atoms with E-state index in [1.807, 2.05) is 36.4 Å². The summed E-state index contributed by atoms with van der Waals surface area (Å²) in [5.74, 6) is 0. The minimum absolute atomic E-state index is 0.251. The van der Waals surface area contributed by atoms with Crippen molar-refractivity contribution in [2.45, 2.75) is 18.9 Å². The summed E-state index contributed by atoms with van der Waals surface area (Å²) >= 11 is 0. The van der Waals surface area contributed by atoms with Crippen molar-refractivity contribution in [3.05, 3.63) is 64.4 Å². The van der Waals surface area contributed by atoms with Crippen LogP contribution in [-0.2, 0) is 0 Å². The largest absolute Gasteiger partial charge is 0.503 e. The van der Waals surface area contributed by atoms with Gasteiger partial charge in [0.25, 0.3) is 0 Å². The third-order valence-electron chi connectivity index (χ3n) is 2.84. The number of anilines is 1. The molecular formula is C14H16N2O5. The highest BCUT2D eigenvalue weighted by molar-refractivity contribution is 5.53. The molecule has 0 bridgehead atoms. The SMILES string of the molecule is CC1([N+](=O)[O-])C=CC(Nc2ccccc2)=CC1.O=C(O)O. The first-order valence-electron chi connectivity index (χ1n) is 6.11. The fraction of sp³-hybridized carbons (Fsp3) is 0.214. The van der Waals surface area contributed by atoms with Gasteiger partial charge >= 0.3 is 6.16 Å². The van der Waals surface area contributed by atoms with Gasteiger partial charge < -0.3 is 15.5 Å². The molecule has 1 atom stereocenters. The molecule has 0 fully saturated rings. The molecule has 0 saturated heterocycles. The predicted molar refractivity (Wildman–Crippen MR) is 78.0 cm³/mol. The molecule has 0 saturated carbocycles. The lowest BCUT2D eigenvalue weighted by molar-refractivity contribution is -0.549. The number of para-hydroxylation sites is 1. The molecule has 1 aromatic carbocycles. The lowest BCUT2D eigenvalue weighted by atomic mass is 9.93. The lowest BCUT2D eigenvalue weighted by Crippen LogP contribution is -2.33. The Hall–Kier alpha value is -2.83. The Morgan fingerprint density at radius 1 is 1.33 bits per heavy atom. The summed E-state index contributed by atoms with van der Waals surface area (Å²) in [6.07, 6.45) is 3.83. The molecule has 3 N–H and O–H groups in total. The Morgan fingerprint density at radius 2 is 1.90 bits per heavy atom. The first-order chi connectivity index (χ1) is 9.83. The predicted octanol–water partition coefficient (Wildman–Crippen LogP) is 3.20. The van der Waals surface area contributed by atoms with E-state index in [0.29, 0.717) is 6.42 Å². The van der Waals surface area contributed by atoms with E-state index in [2.05, 4.69) is 5.32 Å². The summed E-state index contributed by atoms with van der Waals surface area (Å²) in [5, 5.41) is 28.0. The van der Waals surface area contributed by atoms with Gasteiger partial charge in [0.2, 0.25) is 5.54 Å². The van der Waals surface area contributed by atoms with Gasteiger partial charge in [0.05, 0.1) is 0 Å². The summed E-state index contributed by atoms with van der Waals surface area (Å²) in [4.78, 5) is 19.2. The van der Waals surface area contributed by atoms with Gasteiger partial charge in [0.1, 0.15) is 0 Å². The van der Waals surface area contributed by atoms with E-state index in [-0.39, 0.29) is 4.92 Å². The second-order valence-electron chi connectivity index (χ2n) is 4.58. The summed E-state index contributed by atoms with van der Waals surface area (Å²) in [6, 6.07) is 9.74. The van der Waals surface area contributed by atoms with Crippen LogP contribution < -0.4 is 5.32 Å². The Balaban J connectivity index is 0.000000491. The van der Waals surface area contributed by atoms with Crippen molar-refractivity contribution in [3.8, 4) is 0 Å². The smallest absolute Gasteiger partial charge is 0.450 e. The van der Waals surface area contributed by atoms with Gasteiger partial charge in [-0.05, 0) is 24.3 Å². The van der Waals surface area contributed by atoms with E-state index in [0.717, 1.165) is 11.4 Å². The normalized spacial score (nSPS) is 19.8. The van der Waals surface area contributed by atoms with E-state index in [9.17, 15) is 10.1 Å². The van der Waals surface area contributed by atoms with E-state index in [1.54, 1.807) is 19.1 Å². The third-order valence-corrected chi connectivity index (χ3v) is 2.84. The number of nitrogens with one attached hydrogen (secondary N) is 1. The average Bonchev–Trinajstić information content (AvgIpc) is 2.42. The highest BCUT2D eigenvalue weighted by Gasteiger charge is 2.34. The topological polar surface area (TPSA) is 113 Å². The first-order valence-corrected chi connectivity index (χ1v) is 6.11. The van der Waals surface area contributed by atoms with Crippen LogP contribution in [0.1, 0.15) is 13.3 Å². The maximum Gasteiger partial charge on any atom is 0.503 e. The van der Waals surface area contributed by atoms with E-state index in [1.165, 1.54) is 0 Å². The second-order valence-corrected chi connectivity index (χ2v) is 4.58. The highest BCUT2D eigenvalue weighted by Crippen LogP contribution is 2.24. The summed E-state index contributed by atoms with van der Waals surface area (Å²) in [6.45, 7) is 1.62. The molecule has 0 aliphatic heterocycles. The summed E-state index contributed by atoms with van der Waals surface area (Å²) in [7, 11) is 0. The molecule has 1 unspecified atom stereocenters. The van der Waals surface area contributed by atoms with E-state index in [4.69, 9.17) is 15.0 Å². The third kappa shape index (κ3) is 5.35. The summed E-state index contributed by atoms with van der Waals surface area (Å²) < 4.78 is 0. The van der Waals surface area contributed by atoms with Crippen molar-refractivity contribution in [2.75, 3.05) is 5.32 Å². The fourth-order valence-electron chi connectivity index (χ4n) is 1.64. The van der Waals surface area contributed by atoms with Gasteiger partial charge in [-0.15, -0.1) is 0 Å². The molecule has 0 radical (unpaired) electrons. The number of benzene rings is 1. The zero-order valence-corrected chi connectivity index (χ0v) is 11.4. The average molecular weight is 292 g/mol. The molecule has 1 aromatic rings. The number of hydrogen-bond donors (Lipinski definition) is 3. The van der Waals surface area contributed by atoms with Crippen LogP contribution in [0.5, 0.6) is 0 Å². The molecule has 2 rings (SSSR count). The Morgan fingerprint density at radius 3 is 2.33 bits per heavy atom. The maximum absolute atomic E-state index is 10.8. The van der Waals surface area contributed by atoms with Crippen LogP contribution in [0, 0.1) is 10.1 Å². The van der Waals surface area contributed by atoms with Crippen LogP contribution in [0.2, 0.25) is 0 Å². The molecule has 7 heteroatoms. The van der Waals surface area contributed by atoms with Gasteiger partial charge in [-0.1, -0.05) is 24.3 Å². The van der Waals surface area contributed by atoms with Crippen LogP contribution in [-0.4, -0.2) is 26.8 Å². The van der Waals surface area contributed by atoms with Crippen molar-refractivity contribution in [3.63, 3.8) is 0 Å². The van der Waals surface area contributed by atoms with Crippen LogP contribution in [0.25, 0.3) is 0 Å². The lowest BCUT2D eigenvalue weighted by Gasteiger charge is -2.20. The molecule has 1 aliphatic carbocycles. The molecule has 7 nitrogen and oxygen atoms in total. The Kier molecular flexibility index (Phi) is 5.48. The monoisotopic (exact) mass is 292 g/mol. The van der Waals surface area contributed by atoms with Crippen molar-refractivity contribution in [1.29, 1.82) is 0 Å². The van der Waals surface area contributed by atoms with Crippen molar-refractivity contribution in [1.82, 2.24) is 0 Å². The highest BCUT2D eigenvalue weighted by atomic mass is 16.6. The van der Waals surface area contributed by atoms with Crippen LogP contribution in [0.3, 0.4) is 0 Å². The molecule has 0 aromatic heterocycles. The van der Waals surface area contributed by atoms with Crippen molar-refractivity contribution in [2.24, 2.45) is 0 Å². The number of hydrogen-bond acceptors (Lipinski definition) is 4. The Labute approximate surface area is 121 Å². The molecule has 21 heavy (non-hydrogen) atoms. The number of allylic oxidation sites excluding steroid dienone is 1. The Bertz CT molecular complexity index is 564. The van der Waals surface area contributed by atoms with Gasteiger partial charge in [-0.25, -0.2) is 4.79 Å². The first kappa shape index (κ1) is 16.2. The van der Waals surface area contributed by atoms with Gasteiger partial charge in [-0.2, -0.15) is 0 Å². The number of nitro groups is 1. The molecule has 0 heterocycles. The van der Waals surface area contributed by atoms with Crippen molar-refractivity contribution < 1.29 is 19.9 Å². The number of carbonyl (C=O) groups is 1. The van der Waals surface area contributed by atoms with Gasteiger partial charge in [0.15, 0.2) is 0 Å². The van der Waals surface area contributed by atoms with Crippen LogP contribution in [0.4, 0.5) is 10.5 Å². The molecular weight excluding hydrogens is 276 g/mol. The van der Waals surface area contributed by atoms with Gasteiger partial charge in [-0.3, -0.25) is 10.1 Å². The molecule has 0 spiro atoms. The zero-order valence-electron chi connectivity index (χ0n) is 11.4. The number of nitrogens with zero attached hydrogens (tertiary/aromatic N) is 1. The van der Waals surface area contributed by atoms with Crippen LogP contribution in [0.15, 0.2) is 54.3 Å². The molecule has 112 valence electrons. The number of rotatable bonds is 3. The standard InChI is InChI=1S/C13H14N2O2.CH2O3/c1-13(15(16)17)9-7-12(8-10-13)14-11-5-3-2-4-6-11;2-1(3)4/h2-9,14H,10H2,1H3;(H2,2,3,4). The quantitative estimate of drug-likeness (QED) is 0.582. The van der Waals surface area contributed by atoms with Crippen LogP contribution >= 0.6 is 0 Å². The van der Waals surface area contributed by atoms with Gasteiger partial charge in [0, 0.05) is 29.7 Å².